The summed E-state index contributed by atoms with van der Waals surface area (Å²) in [6.45, 7) is 3.80. The first-order valence-corrected chi connectivity index (χ1v) is 6.92. The minimum absolute atomic E-state index is 0.170. The summed E-state index contributed by atoms with van der Waals surface area (Å²) < 4.78 is 1.85. The standard InChI is InChI=1S/C14H21N3O/c1-10-13(16(2)9-15-10)14(18)17-7-11-4-3-5-12(6-11)8-17/h9,11-12H,3-8H2,1-2H3/t11-,12-/m0/s1. The maximum atomic E-state index is 12.6. The van der Waals surface area contributed by atoms with Crippen molar-refractivity contribution in [3.63, 3.8) is 0 Å². The van der Waals surface area contributed by atoms with Crippen LogP contribution in [0.3, 0.4) is 0 Å². The van der Waals surface area contributed by atoms with Gasteiger partial charge in [0.1, 0.15) is 5.69 Å². The van der Waals surface area contributed by atoms with Gasteiger partial charge in [-0.2, -0.15) is 0 Å². The fourth-order valence-electron chi connectivity index (χ4n) is 3.60. The molecule has 4 heteroatoms. The zero-order valence-electron chi connectivity index (χ0n) is 11.2. The maximum absolute atomic E-state index is 12.6. The third-order valence-corrected chi connectivity index (χ3v) is 4.46. The van der Waals surface area contributed by atoms with Crippen molar-refractivity contribution in [2.75, 3.05) is 13.1 Å². The summed E-state index contributed by atoms with van der Waals surface area (Å²) in [4.78, 5) is 18.9. The maximum Gasteiger partial charge on any atom is 0.272 e. The largest absolute Gasteiger partial charge is 0.337 e. The van der Waals surface area contributed by atoms with E-state index < -0.39 is 0 Å². The Hall–Kier alpha value is -1.32. The highest BCUT2D eigenvalue weighted by Crippen LogP contribution is 2.34. The Bertz CT molecular complexity index is 434. The number of rotatable bonds is 1. The number of aryl methyl sites for hydroxylation is 2. The average Bonchev–Trinajstić information content (AvgIpc) is 2.68. The lowest BCUT2D eigenvalue weighted by atomic mass is 9.78. The molecule has 1 saturated carbocycles. The van der Waals surface area contributed by atoms with Crippen LogP contribution in [-0.2, 0) is 7.05 Å². The first kappa shape index (κ1) is 11.8. The van der Waals surface area contributed by atoms with Crippen LogP contribution in [0.15, 0.2) is 6.33 Å². The number of nitrogens with zero attached hydrogens (tertiary/aromatic N) is 3. The van der Waals surface area contributed by atoms with E-state index in [2.05, 4.69) is 9.88 Å². The van der Waals surface area contributed by atoms with E-state index in [1.165, 1.54) is 25.7 Å². The van der Waals surface area contributed by atoms with Crippen molar-refractivity contribution in [3.05, 3.63) is 17.7 Å². The van der Waals surface area contributed by atoms with Gasteiger partial charge >= 0.3 is 0 Å². The Kier molecular flexibility index (Phi) is 2.88. The van der Waals surface area contributed by atoms with Gasteiger partial charge in [-0.25, -0.2) is 4.98 Å². The number of likely N-dealkylation sites (tertiary alicyclic amines) is 1. The van der Waals surface area contributed by atoms with E-state index in [0.29, 0.717) is 0 Å². The van der Waals surface area contributed by atoms with Gasteiger partial charge in [-0.1, -0.05) is 6.42 Å². The predicted octanol–water partition coefficient (Wildman–Crippen LogP) is 1.99. The number of hydrogen-bond acceptors (Lipinski definition) is 2. The molecule has 0 N–H and O–H groups in total. The molecule has 2 atom stereocenters. The lowest BCUT2D eigenvalue weighted by Gasteiger charge is -2.41. The van der Waals surface area contributed by atoms with Crippen molar-refractivity contribution >= 4 is 5.91 Å². The second-order valence-corrected chi connectivity index (χ2v) is 5.90. The predicted molar refractivity (Wildman–Crippen MR) is 69.3 cm³/mol. The van der Waals surface area contributed by atoms with Crippen LogP contribution in [0.25, 0.3) is 0 Å². The highest BCUT2D eigenvalue weighted by molar-refractivity contribution is 5.93. The zero-order valence-corrected chi connectivity index (χ0v) is 11.2. The molecular formula is C14H21N3O. The molecule has 1 aliphatic carbocycles. The molecule has 2 heterocycles. The van der Waals surface area contributed by atoms with Crippen molar-refractivity contribution < 1.29 is 4.79 Å². The molecule has 1 saturated heterocycles. The molecule has 1 amide bonds. The van der Waals surface area contributed by atoms with Gasteiger partial charge in [0.25, 0.3) is 5.91 Å². The van der Waals surface area contributed by atoms with Crippen LogP contribution in [-0.4, -0.2) is 33.4 Å². The lowest BCUT2D eigenvalue weighted by molar-refractivity contribution is 0.0495. The number of imidazole rings is 1. The molecule has 1 aliphatic heterocycles. The minimum atomic E-state index is 0.170. The van der Waals surface area contributed by atoms with Crippen LogP contribution in [0.5, 0.6) is 0 Å². The molecule has 2 aliphatic rings. The van der Waals surface area contributed by atoms with Gasteiger partial charge in [-0.15, -0.1) is 0 Å². The monoisotopic (exact) mass is 247 g/mol. The van der Waals surface area contributed by atoms with E-state index >= 15 is 0 Å². The van der Waals surface area contributed by atoms with Crippen molar-refractivity contribution in [1.29, 1.82) is 0 Å². The van der Waals surface area contributed by atoms with Crippen LogP contribution >= 0.6 is 0 Å². The normalized spacial score (nSPS) is 27.3. The molecule has 1 aromatic rings. The number of hydrogen-bond donors (Lipinski definition) is 0. The van der Waals surface area contributed by atoms with Gasteiger partial charge in [0.05, 0.1) is 12.0 Å². The van der Waals surface area contributed by atoms with E-state index in [0.717, 1.165) is 36.3 Å². The minimum Gasteiger partial charge on any atom is -0.337 e. The summed E-state index contributed by atoms with van der Waals surface area (Å²) in [6, 6.07) is 0. The summed E-state index contributed by atoms with van der Waals surface area (Å²) in [5, 5.41) is 0. The first-order valence-electron chi connectivity index (χ1n) is 6.92. The number of carbonyl (C=O) groups is 1. The van der Waals surface area contributed by atoms with Crippen LogP contribution in [0.4, 0.5) is 0 Å². The molecule has 0 unspecified atom stereocenters. The second-order valence-electron chi connectivity index (χ2n) is 5.90. The molecule has 1 aromatic heterocycles. The Labute approximate surface area is 108 Å². The van der Waals surface area contributed by atoms with E-state index in [4.69, 9.17) is 0 Å². The van der Waals surface area contributed by atoms with E-state index in [9.17, 15) is 4.79 Å². The molecule has 0 aromatic carbocycles. The van der Waals surface area contributed by atoms with Crippen LogP contribution < -0.4 is 0 Å². The third-order valence-electron chi connectivity index (χ3n) is 4.46. The third kappa shape index (κ3) is 1.93. The van der Waals surface area contributed by atoms with Gasteiger partial charge < -0.3 is 9.47 Å². The van der Waals surface area contributed by atoms with Crippen molar-refractivity contribution in [2.24, 2.45) is 18.9 Å². The number of aromatic nitrogens is 2. The SMILES string of the molecule is Cc1ncn(C)c1C(=O)N1C[C@H]2CCC[C@@H](C2)C1. The van der Waals surface area contributed by atoms with Crippen LogP contribution in [0.1, 0.15) is 41.9 Å². The molecule has 2 fully saturated rings. The van der Waals surface area contributed by atoms with Gasteiger partial charge in [0.2, 0.25) is 0 Å². The number of amides is 1. The Balaban J connectivity index is 1.81. The van der Waals surface area contributed by atoms with Gasteiger partial charge in [0, 0.05) is 20.1 Å². The zero-order chi connectivity index (χ0) is 12.7. The van der Waals surface area contributed by atoms with Crippen LogP contribution in [0, 0.1) is 18.8 Å². The molecular weight excluding hydrogens is 226 g/mol. The average molecular weight is 247 g/mol. The fourth-order valence-corrected chi connectivity index (χ4v) is 3.60. The van der Waals surface area contributed by atoms with E-state index in [1.807, 2.05) is 18.5 Å². The highest BCUT2D eigenvalue weighted by atomic mass is 16.2. The molecule has 0 spiro atoms. The topological polar surface area (TPSA) is 38.1 Å². The Morgan fingerprint density at radius 1 is 1.33 bits per heavy atom. The fraction of sp³-hybridized carbons (Fsp3) is 0.714. The molecule has 4 nitrogen and oxygen atoms in total. The summed E-state index contributed by atoms with van der Waals surface area (Å²) in [6.07, 6.45) is 7.00. The van der Waals surface area contributed by atoms with E-state index in [1.54, 1.807) is 6.33 Å². The molecule has 2 bridgehead atoms. The molecule has 18 heavy (non-hydrogen) atoms. The summed E-state index contributed by atoms with van der Waals surface area (Å²) in [5.74, 6) is 1.63. The van der Waals surface area contributed by atoms with Crippen molar-refractivity contribution in [2.45, 2.75) is 32.6 Å². The van der Waals surface area contributed by atoms with Gasteiger partial charge in [0.15, 0.2) is 0 Å². The number of fused-ring (bicyclic) bond motifs is 2. The van der Waals surface area contributed by atoms with Gasteiger partial charge in [-0.05, 0) is 38.0 Å². The van der Waals surface area contributed by atoms with Gasteiger partial charge in [-0.3, -0.25) is 4.79 Å². The highest BCUT2D eigenvalue weighted by Gasteiger charge is 2.34. The summed E-state index contributed by atoms with van der Waals surface area (Å²) in [7, 11) is 1.90. The molecule has 98 valence electrons. The second kappa shape index (κ2) is 4.41. The number of carbonyl (C=O) groups excluding carboxylic acids is 1. The van der Waals surface area contributed by atoms with Crippen LogP contribution in [0.2, 0.25) is 0 Å². The smallest absolute Gasteiger partial charge is 0.272 e. The molecule has 3 rings (SSSR count). The summed E-state index contributed by atoms with van der Waals surface area (Å²) in [5.41, 5.74) is 1.60. The summed E-state index contributed by atoms with van der Waals surface area (Å²) >= 11 is 0. The lowest BCUT2D eigenvalue weighted by Crippen LogP contribution is -2.46. The Morgan fingerprint density at radius 2 is 2.00 bits per heavy atom. The quantitative estimate of drug-likeness (QED) is 0.761. The van der Waals surface area contributed by atoms with E-state index in [-0.39, 0.29) is 5.91 Å². The Morgan fingerprint density at radius 3 is 2.56 bits per heavy atom. The van der Waals surface area contributed by atoms with Crippen molar-refractivity contribution in [3.8, 4) is 0 Å². The van der Waals surface area contributed by atoms with Crippen molar-refractivity contribution in [1.82, 2.24) is 14.5 Å². The molecule has 0 radical (unpaired) electrons. The first-order chi connectivity index (χ1) is 8.65. The number of piperidine rings is 1.